The van der Waals surface area contributed by atoms with Crippen LogP contribution < -0.4 is 4.90 Å². The molecule has 0 aromatic heterocycles. The molecular formula is C16H23NO3. The average Bonchev–Trinajstić information content (AvgIpc) is 2.39. The number of anilines is 1. The number of nitrogens with zero attached hydrogens (tertiary/aromatic N) is 1. The number of benzene rings is 1. The van der Waals surface area contributed by atoms with Gasteiger partial charge in [-0.05, 0) is 44.9 Å². The van der Waals surface area contributed by atoms with Crippen molar-refractivity contribution in [1.82, 2.24) is 0 Å². The molecule has 0 spiro atoms. The molecule has 4 nitrogen and oxygen atoms in total. The lowest BCUT2D eigenvalue weighted by Crippen LogP contribution is -2.23. The molecule has 0 heterocycles. The zero-order chi connectivity index (χ0) is 15.3. The Labute approximate surface area is 120 Å². The summed E-state index contributed by atoms with van der Waals surface area (Å²) in [6.45, 7) is 9.56. The lowest BCUT2D eigenvalue weighted by molar-refractivity contribution is -0.131. The van der Waals surface area contributed by atoms with Crippen LogP contribution in [0.3, 0.4) is 0 Å². The van der Waals surface area contributed by atoms with E-state index in [9.17, 15) is 9.90 Å². The Morgan fingerprint density at radius 1 is 1.25 bits per heavy atom. The van der Waals surface area contributed by atoms with Crippen LogP contribution in [0.5, 0.6) is 5.75 Å². The first kappa shape index (κ1) is 16.1. The minimum absolute atomic E-state index is 0.187. The van der Waals surface area contributed by atoms with Gasteiger partial charge in [-0.25, -0.2) is 4.79 Å². The highest BCUT2D eigenvalue weighted by atomic mass is 16.4. The maximum atomic E-state index is 10.8. The van der Waals surface area contributed by atoms with Gasteiger partial charge in [-0.15, -0.1) is 0 Å². The molecule has 0 fully saturated rings. The summed E-state index contributed by atoms with van der Waals surface area (Å²) in [7, 11) is 0. The Kier molecular flexibility index (Phi) is 5.62. The first-order valence-corrected chi connectivity index (χ1v) is 6.97. The van der Waals surface area contributed by atoms with E-state index in [0.717, 1.165) is 30.4 Å². The van der Waals surface area contributed by atoms with Gasteiger partial charge in [0, 0.05) is 36.0 Å². The van der Waals surface area contributed by atoms with Crippen molar-refractivity contribution >= 4 is 17.2 Å². The second kappa shape index (κ2) is 6.98. The van der Waals surface area contributed by atoms with Crippen LogP contribution in [0.1, 0.15) is 38.8 Å². The predicted molar refractivity (Wildman–Crippen MR) is 82.3 cm³/mol. The van der Waals surface area contributed by atoms with E-state index < -0.39 is 5.97 Å². The molecule has 0 saturated heterocycles. The molecule has 0 bridgehead atoms. The summed E-state index contributed by atoms with van der Waals surface area (Å²) in [5, 5.41) is 19.2. The number of hydrogen-bond acceptors (Lipinski definition) is 3. The van der Waals surface area contributed by atoms with Crippen molar-refractivity contribution in [2.45, 2.75) is 34.1 Å². The quantitative estimate of drug-likeness (QED) is 0.783. The first-order chi connectivity index (χ1) is 9.46. The number of rotatable bonds is 6. The molecule has 4 heteroatoms. The van der Waals surface area contributed by atoms with E-state index in [1.807, 2.05) is 13.0 Å². The maximum Gasteiger partial charge on any atom is 0.328 e. The van der Waals surface area contributed by atoms with E-state index in [2.05, 4.69) is 18.7 Å². The van der Waals surface area contributed by atoms with Gasteiger partial charge in [0.05, 0.1) is 0 Å². The van der Waals surface area contributed by atoms with Gasteiger partial charge in [0.1, 0.15) is 5.75 Å². The smallest absolute Gasteiger partial charge is 0.328 e. The van der Waals surface area contributed by atoms with E-state index in [4.69, 9.17) is 5.11 Å². The van der Waals surface area contributed by atoms with Crippen molar-refractivity contribution in [3.63, 3.8) is 0 Å². The number of carboxylic acid groups (broad SMARTS) is 1. The zero-order valence-electron chi connectivity index (χ0n) is 12.6. The summed E-state index contributed by atoms with van der Waals surface area (Å²) in [5.74, 6) is -0.820. The fourth-order valence-electron chi connectivity index (χ4n) is 2.42. The van der Waals surface area contributed by atoms with Gasteiger partial charge in [-0.2, -0.15) is 0 Å². The van der Waals surface area contributed by atoms with Crippen LogP contribution in [0.4, 0.5) is 5.69 Å². The molecule has 0 radical (unpaired) electrons. The van der Waals surface area contributed by atoms with Gasteiger partial charge in [0.25, 0.3) is 0 Å². The van der Waals surface area contributed by atoms with Crippen molar-refractivity contribution in [3.05, 3.63) is 29.3 Å². The molecule has 1 aromatic rings. The molecule has 2 N–H and O–H groups in total. The lowest BCUT2D eigenvalue weighted by atomic mass is 9.98. The van der Waals surface area contributed by atoms with Crippen LogP contribution in [-0.4, -0.2) is 29.3 Å². The Hall–Kier alpha value is -1.97. The summed E-state index contributed by atoms with van der Waals surface area (Å²) >= 11 is 0. The summed E-state index contributed by atoms with van der Waals surface area (Å²) in [6, 6.07) is 3.75. The minimum atomic E-state index is -1.01. The lowest BCUT2D eigenvalue weighted by Gasteiger charge is -2.25. The van der Waals surface area contributed by atoms with Crippen LogP contribution in [-0.2, 0) is 11.2 Å². The van der Waals surface area contributed by atoms with Crippen LogP contribution in [0.2, 0.25) is 0 Å². The highest BCUT2D eigenvalue weighted by Crippen LogP contribution is 2.35. The maximum absolute atomic E-state index is 10.8. The third-order valence-corrected chi connectivity index (χ3v) is 3.48. The number of carboxylic acids is 1. The SMILES string of the molecule is CCc1c(N(CC)CC)ccc(C(C)=CC(=O)O)c1O. The molecule has 0 unspecified atom stereocenters. The number of allylic oxidation sites excluding steroid dienone is 1. The molecule has 0 aliphatic heterocycles. The average molecular weight is 277 g/mol. The van der Waals surface area contributed by atoms with Crippen molar-refractivity contribution < 1.29 is 15.0 Å². The molecular weight excluding hydrogens is 254 g/mol. The number of hydrogen-bond donors (Lipinski definition) is 2. The fourth-order valence-corrected chi connectivity index (χ4v) is 2.42. The van der Waals surface area contributed by atoms with Crippen molar-refractivity contribution in [2.75, 3.05) is 18.0 Å². The monoisotopic (exact) mass is 277 g/mol. The van der Waals surface area contributed by atoms with Gasteiger partial charge in [0.2, 0.25) is 0 Å². The Balaban J connectivity index is 3.38. The largest absolute Gasteiger partial charge is 0.507 e. The van der Waals surface area contributed by atoms with Gasteiger partial charge in [-0.3, -0.25) is 0 Å². The second-order valence-corrected chi connectivity index (χ2v) is 4.65. The highest BCUT2D eigenvalue weighted by molar-refractivity contribution is 5.91. The summed E-state index contributed by atoms with van der Waals surface area (Å²) in [4.78, 5) is 12.9. The van der Waals surface area contributed by atoms with Gasteiger partial charge in [-0.1, -0.05) is 6.92 Å². The van der Waals surface area contributed by atoms with Crippen molar-refractivity contribution in [1.29, 1.82) is 0 Å². The molecule has 0 saturated carbocycles. The third kappa shape index (κ3) is 3.32. The molecule has 0 amide bonds. The normalized spacial score (nSPS) is 11.5. The molecule has 0 aliphatic carbocycles. The van der Waals surface area contributed by atoms with Crippen LogP contribution in [0.15, 0.2) is 18.2 Å². The van der Waals surface area contributed by atoms with Crippen LogP contribution in [0.25, 0.3) is 5.57 Å². The van der Waals surface area contributed by atoms with Crippen LogP contribution in [0, 0.1) is 0 Å². The predicted octanol–water partition coefficient (Wildman–Crippen LogP) is 3.29. The number of carbonyl (C=O) groups is 1. The van der Waals surface area contributed by atoms with E-state index in [0.29, 0.717) is 17.6 Å². The molecule has 1 aromatic carbocycles. The van der Waals surface area contributed by atoms with Crippen molar-refractivity contribution in [3.8, 4) is 5.75 Å². The van der Waals surface area contributed by atoms with Gasteiger partial charge in [0.15, 0.2) is 0 Å². The molecule has 1 rings (SSSR count). The Morgan fingerprint density at radius 3 is 2.30 bits per heavy atom. The topological polar surface area (TPSA) is 60.8 Å². The fraction of sp³-hybridized carbons (Fsp3) is 0.438. The number of aromatic hydroxyl groups is 1. The molecule has 110 valence electrons. The van der Waals surface area contributed by atoms with E-state index in [1.54, 1.807) is 13.0 Å². The third-order valence-electron chi connectivity index (χ3n) is 3.48. The van der Waals surface area contributed by atoms with E-state index in [1.165, 1.54) is 0 Å². The zero-order valence-corrected chi connectivity index (χ0v) is 12.6. The molecule has 20 heavy (non-hydrogen) atoms. The van der Waals surface area contributed by atoms with E-state index >= 15 is 0 Å². The van der Waals surface area contributed by atoms with E-state index in [-0.39, 0.29) is 5.75 Å². The number of phenolic OH excluding ortho intramolecular Hbond substituents is 1. The molecule has 0 atom stereocenters. The summed E-state index contributed by atoms with van der Waals surface area (Å²) in [5.41, 5.74) is 3.02. The van der Waals surface area contributed by atoms with Gasteiger partial charge < -0.3 is 15.1 Å². The Bertz CT molecular complexity index is 517. The summed E-state index contributed by atoms with van der Waals surface area (Å²) < 4.78 is 0. The highest BCUT2D eigenvalue weighted by Gasteiger charge is 2.15. The van der Waals surface area contributed by atoms with Crippen molar-refractivity contribution in [2.24, 2.45) is 0 Å². The first-order valence-electron chi connectivity index (χ1n) is 6.97. The van der Waals surface area contributed by atoms with Crippen LogP contribution >= 0.6 is 0 Å². The van der Waals surface area contributed by atoms with Gasteiger partial charge >= 0.3 is 5.97 Å². The Morgan fingerprint density at radius 2 is 1.85 bits per heavy atom. The molecule has 0 aliphatic rings. The standard InChI is InChI=1S/C16H23NO3/c1-5-12-14(17(6-2)7-3)9-8-13(16(12)20)11(4)10-15(18)19/h8-10,20H,5-7H2,1-4H3,(H,18,19). The summed E-state index contributed by atoms with van der Waals surface area (Å²) in [6.07, 6.45) is 1.82. The number of aliphatic carboxylic acids is 1. The second-order valence-electron chi connectivity index (χ2n) is 4.65. The minimum Gasteiger partial charge on any atom is -0.507 e. The number of phenols is 1.